The van der Waals surface area contributed by atoms with Gasteiger partial charge in [-0.3, -0.25) is 0 Å². The number of hydrogen-bond donors (Lipinski definition) is 2. The van der Waals surface area contributed by atoms with Gasteiger partial charge in [-0.05, 0) is 38.5 Å². The Labute approximate surface area is 151 Å². The van der Waals surface area contributed by atoms with E-state index in [1.54, 1.807) is 6.07 Å². The monoisotopic (exact) mass is 349 g/mol. The van der Waals surface area contributed by atoms with Gasteiger partial charge < -0.3 is 20.3 Å². The van der Waals surface area contributed by atoms with E-state index in [2.05, 4.69) is 15.5 Å². The van der Waals surface area contributed by atoms with Gasteiger partial charge >= 0.3 is 0 Å². The second kappa shape index (κ2) is 7.15. The van der Waals surface area contributed by atoms with Crippen LogP contribution >= 0.6 is 0 Å². The molecule has 0 saturated heterocycles. The van der Waals surface area contributed by atoms with Crippen LogP contribution in [0.15, 0.2) is 34.9 Å². The molecular formula is C19H19N5O2. The molecule has 0 bridgehead atoms. The standard InChI is InChI=1S/C19H19N5O2/c1-4-25-19-15(10-20)16(21)9-17(23-19)22-14-7-5-13(6-8-14)18-11(2)24-26-12(18)3/h5-9H,4H2,1-3H3,(H3,21,22,23). The van der Waals surface area contributed by atoms with E-state index < -0.39 is 0 Å². The maximum Gasteiger partial charge on any atom is 0.235 e. The summed E-state index contributed by atoms with van der Waals surface area (Å²) in [6, 6.07) is 11.4. The Balaban J connectivity index is 1.87. The first-order valence-corrected chi connectivity index (χ1v) is 8.17. The Kier molecular flexibility index (Phi) is 4.76. The van der Waals surface area contributed by atoms with E-state index in [0.717, 1.165) is 28.3 Å². The maximum atomic E-state index is 9.19. The third kappa shape index (κ3) is 3.30. The van der Waals surface area contributed by atoms with Crippen molar-refractivity contribution in [3.8, 4) is 23.1 Å². The number of aromatic nitrogens is 2. The minimum absolute atomic E-state index is 0.227. The second-order valence-corrected chi connectivity index (χ2v) is 5.72. The molecule has 0 aliphatic carbocycles. The number of rotatable bonds is 5. The highest BCUT2D eigenvalue weighted by molar-refractivity contribution is 5.72. The van der Waals surface area contributed by atoms with Gasteiger partial charge in [0.25, 0.3) is 0 Å². The fourth-order valence-electron chi connectivity index (χ4n) is 2.72. The summed E-state index contributed by atoms with van der Waals surface area (Å²) < 4.78 is 10.6. The zero-order chi connectivity index (χ0) is 18.7. The lowest BCUT2D eigenvalue weighted by Gasteiger charge is -2.11. The molecule has 3 N–H and O–H groups in total. The van der Waals surface area contributed by atoms with Crippen LogP contribution in [-0.2, 0) is 0 Å². The number of anilines is 3. The van der Waals surface area contributed by atoms with Crippen molar-refractivity contribution in [3.63, 3.8) is 0 Å². The highest BCUT2D eigenvalue weighted by Gasteiger charge is 2.13. The van der Waals surface area contributed by atoms with Crippen molar-refractivity contribution in [1.82, 2.24) is 10.1 Å². The Bertz CT molecular complexity index is 951. The number of nitrogens with zero attached hydrogens (tertiary/aromatic N) is 3. The molecule has 26 heavy (non-hydrogen) atoms. The summed E-state index contributed by atoms with van der Waals surface area (Å²) in [5.41, 5.74) is 10.2. The number of pyridine rings is 1. The zero-order valence-electron chi connectivity index (χ0n) is 14.8. The van der Waals surface area contributed by atoms with Gasteiger partial charge in [-0.1, -0.05) is 17.3 Å². The molecule has 3 rings (SSSR count). The molecule has 0 aliphatic rings. The fraction of sp³-hybridized carbons (Fsp3) is 0.211. The molecule has 7 heteroatoms. The molecular weight excluding hydrogens is 330 g/mol. The van der Waals surface area contributed by atoms with Crippen LogP contribution in [0.4, 0.5) is 17.2 Å². The van der Waals surface area contributed by atoms with E-state index in [-0.39, 0.29) is 11.4 Å². The van der Waals surface area contributed by atoms with Crippen LogP contribution in [0, 0.1) is 25.2 Å². The molecule has 7 nitrogen and oxygen atoms in total. The molecule has 0 radical (unpaired) electrons. The van der Waals surface area contributed by atoms with Gasteiger partial charge in [0.05, 0.1) is 18.0 Å². The lowest BCUT2D eigenvalue weighted by Crippen LogP contribution is -2.04. The highest BCUT2D eigenvalue weighted by atomic mass is 16.5. The summed E-state index contributed by atoms with van der Waals surface area (Å²) >= 11 is 0. The van der Waals surface area contributed by atoms with E-state index in [1.807, 2.05) is 51.1 Å². The minimum Gasteiger partial charge on any atom is -0.477 e. The molecule has 2 aromatic heterocycles. The summed E-state index contributed by atoms with van der Waals surface area (Å²) in [7, 11) is 0. The molecule has 0 atom stereocenters. The lowest BCUT2D eigenvalue weighted by molar-refractivity contribution is 0.326. The number of ether oxygens (including phenoxy) is 1. The van der Waals surface area contributed by atoms with E-state index in [1.165, 1.54) is 0 Å². The van der Waals surface area contributed by atoms with Gasteiger partial charge in [0.1, 0.15) is 23.2 Å². The van der Waals surface area contributed by atoms with Crippen LogP contribution in [0.5, 0.6) is 5.88 Å². The third-order valence-electron chi connectivity index (χ3n) is 3.89. The maximum absolute atomic E-state index is 9.19. The highest BCUT2D eigenvalue weighted by Crippen LogP contribution is 2.30. The van der Waals surface area contributed by atoms with Crippen LogP contribution in [0.2, 0.25) is 0 Å². The van der Waals surface area contributed by atoms with Crippen LogP contribution < -0.4 is 15.8 Å². The van der Waals surface area contributed by atoms with E-state index in [4.69, 9.17) is 15.0 Å². The number of nitrogens with one attached hydrogen (secondary N) is 1. The number of benzene rings is 1. The van der Waals surface area contributed by atoms with Crippen LogP contribution in [0.25, 0.3) is 11.1 Å². The Morgan fingerprint density at radius 2 is 2.00 bits per heavy atom. The van der Waals surface area contributed by atoms with Crippen molar-refractivity contribution in [1.29, 1.82) is 5.26 Å². The summed E-state index contributed by atoms with van der Waals surface area (Å²) in [6.45, 7) is 6.03. The molecule has 0 aliphatic heterocycles. The Hall–Kier alpha value is -3.53. The lowest BCUT2D eigenvalue weighted by atomic mass is 10.0. The topological polar surface area (TPSA) is 110 Å². The minimum atomic E-state index is 0.227. The van der Waals surface area contributed by atoms with Crippen molar-refractivity contribution in [3.05, 3.63) is 47.3 Å². The Morgan fingerprint density at radius 1 is 1.27 bits per heavy atom. The number of aryl methyl sites for hydroxylation is 2. The largest absolute Gasteiger partial charge is 0.477 e. The van der Waals surface area contributed by atoms with E-state index >= 15 is 0 Å². The molecule has 1 aromatic carbocycles. The molecule has 0 unspecified atom stereocenters. The first-order chi connectivity index (χ1) is 12.5. The first kappa shape index (κ1) is 17.3. The van der Waals surface area contributed by atoms with Crippen molar-refractivity contribution in [2.75, 3.05) is 17.7 Å². The van der Waals surface area contributed by atoms with E-state index in [9.17, 15) is 5.26 Å². The summed E-state index contributed by atoms with van der Waals surface area (Å²) in [4.78, 5) is 4.33. The zero-order valence-corrected chi connectivity index (χ0v) is 14.8. The van der Waals surface area contributed by atoms with Gasteiger partial charge in [0.15, 0.2) is 0 Å². The smallest absolute Gasteiger partial charge is 0.235 e. The Morgan fingerprint density at radius 3 is 2.58 bits per heavy atom. The van der Waals surface area contributed by atoms with Gasteiger partial charge in [-0.2, -0.15) is 10.2 Å². The second-order valence-electron chi connectivity index (χ2n) is 5.72. The number of hydrogen-bond acceptors (Lipinski definition) is 7. The number of nitriles is 1. The summed E-state index contributed by atoms with van der Waals surface area (Å²) in [5, 5.41) is 16.3. The van der Waals surface area contributed by atoms with Crippen LogP contribution in [-0.4, -0.2) is 16.7 Å². The normalized spacial score (nSPS) is 10.4. The van der Waals surface area contributed by atoms with Crippen molar-refractivity contribution >= 4 is 17.2 Å². The van der Waals surface area contributed by atoms with Gasteiger partial charge in [0, 0.05) is 17.3 Å². The van der Waals surface area contributed by atoms with Crippen LogP contribution in [0.1, 0.15) is 23.9 Å². The quantitative estimate of drug-likeness (QED) is 0.717. The van der Waals surface area contributed by atoms with Crippen molar-refractivity contribution < 1.29 is 9.26 Å². The molecule has 0 fully saturated rings. The molecule has 132 valence electrons. The molecule has 3 aromatic rings. The van der Waals surface area contributed by atoms with Gasteiger partial charge in [-0.25, -0.2) is 0 Å². The summed E-state index contributed by atoms with van der Waals surface area (Å²) in [6.07, 6.45) is 0. The average Bonchev–Trinajstić information content (AvgIpc) is 2.95. The molecule has 0 saturated carbocycles. The molecule has 0 amide bonds. The van der Waals surface area contributed by atoms with E-state index in [0.29, 0.717) is 18.1 Å². The predicted octanol–water partition coefficient (Wildman–Crippen LogP) is 3.95. The number of nitrogens with two attached hydrogens (primary N) is 1. The third-order valence-corrected chi connectivity index (χ3v) is 3.89. The number of nitrogen functional groups attached to an aromatic ring is 1. The SMILES string of the molecule is CCOc1nc(Nc2ccc(-c3c(C)noc3C)cc2)cc(N)c1C#N. The molecule has 0 spiro atoms. The van der Waals surface area contributed by atoms with Gasteiger partial charge in [0.2, 0.25) is 5.88 Å². The van der Waals surface area contributed by atoms with Crippen molar-refractivity contribution in [2.24, 2.45) is 0 Å². The predicted molar refractivity (Wildman–Crippen MR) is 99.2 cm³/mol. The van der Waals surface area contributed by atoms with Gasteiger partial charge in [-0.15, -0.1) is 0 Å². The van der Waals surface area contributed by atoms with Crippen molar-refractivity contribution in [2.45, 2.75) is 20.8 Å². The summed E-state index contributed by atoms with van der Waals surface area (Å²) in [5.74, 6) is 1.52. The first-order valence-electron chi connectivity index (χ1n) is 8.17. The van der Waals surface area contributed by atoms with Crippen LogP contribution in [0.3, 0.4) is 0 Å². The molecule has 2 heterocycles. The average molecular weight is 349 g/mol. The fourth-order valence-corrected chi connectivity index (χ4v) is 2.72.